The molecule has 2 atom stereocenters. The van der Waals surface area contributed by atoms with Gasteiger partial charge in [0.2, 0.25) is 0 Å². The highest BCUT2D eigenvalue weighted by molar-refractivity contribution is 5.64. The molecule has 2 aromatic carbocycles. The minimum atomic E-state index is 0.289. The van der Waals surface area contributed by atoms with Gasteiger partial charge < -0.3 is 4.74 Å². The monoisotopic (exact) mass is 392 g/mol. The molecule has 2 aromatic rings. The highest BCUT2D eigenvalue weighted by Gasteiger charge is 2.22. The molecule has 0 radical (unpaired) electrons. The molecule has 1 aliphatic heterocycles. The lowest BCUT2D eigenvalue weighted by atomic mass is 9.90. The van der Waals surface area contributed by atoms with Gasteiger partial charge in [-0.05, 0) is 60.3 Å². The van der Waals surface area contributed by atoms with E-state index in [9.17, 15) is 0 Å². The van der Waals surface area contributed by atoms with Crippen LogP contribution in [0.1, 0.15) is 95.3 Å². The van der Waals surface area contributed by atoms with Crippen LogP contribution >= 0.6 is 0 Å². The standard InChI is InChI=1S/C28H40O/c1-3-5-7-8-9-11-23-12-15-25(16-13-23)26-17-19-27(20-18-26)28-21-14-24(22-29-28)10-6-4-2/h12-13,15-20,24,28H,3-11,14,21-22H2,1-2H3. The quantitative estimate of drug-likeness (QED) is 0.348. The molecule has 1 nitrogen and oxygen atoms in total. The van der Waals surface area contributed by atoms with Gasteiger partial charge >= 0.3 is 0 Å². The van der Waals surface area contributed by atoms with Crippen LogP contribution in [-0.2, 0) is 11.2 Å². The summed E-state index contributed by atoms with van der Waals surface area (Å²) in [7, 11) is 0. The number of aryl methyl sites for hydroxylation is 1. The third-order valence-electron chi connectivity index (χ3n) is 6.47. The van der Waals surface area contributed by atoms with E-state index >= 15 is 0 Å². The molecule has 1 heterocycles. The van der Waals surface area contributed by atoms with Gasteiger partial charge in [0.15, 0.2) is 0 Å². The molecule has 29 heavy (non-hydrogen) atoms. The van der Waals surface area contributed by atoms with Gasteiger partial charge in [0.05, 0.1) is 12.7 Å². The van der Waals surface area contributed by atoms with Crippen molar-refractivity contribution >= 4 is 0 Å². The third kappa shape index (κ3) is 7.00. The molecule has 0 aromatic heterocycles. The van der Waals surface area contributed by atoms with Crippen molar-refractivity contribution in [3.63, 3.8) is 0 Å². The van der Waals surface area contributed by atoms with Crippen molar-refractivity contribution in [2.75, 3.05) is 6.61 Å². The minimum Gasteiger partial charge on any atom is -0.373 e. The van der Waals surface area contributed by atoms with E-state index in [1.807, 2.05) is 0 Å². The second kappa shape index (κ2) is 12.2. The van der Waals surface area contributed by atoms with Crippen LogP contribution in [0.25, 0.3) is 11.1 Å². The number of unbranched alkanes of at least 4 members (excludes halogenated alkanes) is 5. The Kier molecular flexibility index (Phi) is 9.28. The summed E-state index contributed by atoms with van der Waals surface area (Å²) in [6, 6.07) is 18.3. The lowest BCUT2D eigenvalue weighted by molar-refractivity contribution is -0.0197. The largest absolute Gasteiger partial charge is 0.373 e. The Morgan fingerprint density at radius 3 is 2.00 bits per heavy atom. The molecule has 1 aliphatic rings. The Morgan fingerprint density at radius 1 is 0.724 bits per heavy atom. The average Bonchev–Trinajstić information content (AvgIpc) is 2.78. The third-order valence-corrected chi connectivity index (χ3v) is 6.47. The van der Waals surface area contributed by atoms with Crippen LogP contribution in [0.15, 0.2) is 48.5 Å². The number of rotatable bonds is 11. The molecule has 0 spiro atoms. The van der Waals surface area contributed by atoms with Crippen LogP contribution in [-0.4, -0.2) is 6.61 Å². The SMILES string of the molecule is CCCCCCCc1ccc(-c2ccc(C3CCC(CCCC)CO3)cc2)cc1. The molecule has 0 saturated carbocycles. The van der Waals surface area contributed by atoms with Crippen LogP contribution in [0, 0.1) is 5.92 Å². The van der Waals surface area contributed by atoms with Crippen molar-refractivity contribution in [1.29, 1.82) is 0 Å². The van der Waals surface area contributed by atoms with Crippen LogP contribution in [0.3, 0.4) is 0 Å². The van der Waals surface area contributed by atoms with E-state index in [-0.39, 0.29) is 6.10 Å². The van der Waals surface area contributed by atoms with Gasteiger partial charge in [-0.25, -0.2) is 0 Å². The molecule has 1 saturated heterocycles. The van der Waals surface area contributed by atoms with Crippen LogP contribution < -0.4 is 0 Å². The summed E-state index contributed by atoms with van der Waals surface area (Å²) < 4.78 is 6.20. The second-order valence-electron chi connectivity index (χ2n) is 8.89. The van der Waals surface area contributed by atoms with Gasteiger partial charge in [-0.15, -0.1) is 0 Å². The second-order valence-corrected chi connectivity index (χ2v) is 8.89. The number of hydrogen-bond donors (Lipinski definition) is 0. The molecular weight excluding hydrogens is 352 g/mol. The fourth-order valence-electron chi connectivity index (χ4n) is 4.48. The van der Waals surface area contributed by atoms with Crippen molar-refractivity contribution in [3.05, 3.63) is 59.7 Å². The number of hydrogen-bond acceptors (Lipinski definition) is 1. The van der Waals surface area contributed by atoms with E-state index in [2.05, 4.69) is 62.4 Å². The Labute approximate surface area is 178 Å². The number of benzene rings is 2. The molecule has 1 fully saturated rings. The maximum absolute atomic E-state index is 6.20. The molecular formula is C28H40O. The van der Waals surface area contributed by atoms with E-state index in [1.165, 1.54) is 92.9 Å². The average molecular weight is 393 g/mol. The molecule has 158 valence electrons. The van der Waals surface area contributed by atoms with Crippen molar-refractivity contribution in [2.24, 2.45) is 5.92 Å². The Morgan fingerprint density at radius 2 is 1.38 bits per heavy atom. The lowest BCUT2D eigenvalue weighted by Crippen LogP contribution is -2.20. The first-order valence-corrected chi connectivity index (χ1v) is 12.1. The van der Waals surface area contributed by atoms with Crippen molar-refractivity contribution in [3.8, 4) is 11.1 Å². The van der Waals surface area contributed by atoms with Gasteiger partial charge in [0.25, 0.3) is 0 Å². The van der Waals surface area contributed by atoms with Gasteiger partial charge in [-0.1, -0.05) is 101 Å². The van der Waals surface area contributed by atoms with Crippen LogP contribution in [0.2, 0.25) is 0 Å². The first-order valence-electron chi connectivity index (χ1n) is 12.1. The Balaban J connectivity index is 1.48. The van der Waals surface area contributed by atoms with Crippen LogP contribution in [0.5, 0.6) is 0 Å². The smallest absolute Gasteiger partial charge is 0.0825 e. The fraction of sp³-hybridized carbons (Fsp3) is 0.571. The van der Waals surface area contributed by atoms with Gasteiger partial charge in [0, 0.05) is 0 Å². The van der Waals surface area contributed by atoms with Crippen molar-refractivity contribution in [2.45, 2.75) is 90.6 Å². The highest BCUT2D eigenvalue weighted by Crippen LogP contribution is 2.33. The minimum absolute atomic E-state index is 0.289. The molecule has 0 bridgehead atoms. The molecule has 1 heteroatoms. The van der Waals surface area contributed by atoms with Gasteiger partial charge in [-0.2, -0.15) is 0 Å². The van der Waals surface area contributed by atoms with Crippen LogP contribution in [0.4, 0.5) is 0 Å². The summed E-state index contributed by atoms with van der Waals surface area (Å²) in [4.78, 5) is 0. The van der Waals surface area contributed by atoms with E-state index < -0.39 is 0 Å². The predicted molar refractivity (Wildman–Crippen MR) is 125 cm³/mol. The molecule has 0 amide bonds. The summed E-state index contributed by atoms with van der Waals surface area (Å²) in [6.07, 6.45) is 14.7. The van der Waals surface area contributed by atoms with Crippen molar-refractivity contribution in [1.82, 2.24) is 0 Å². The van der Waals surface area contributed by atoms with Crippen molar-refractivity contribution < 1.29 is 4.74 Å². The zero-order valence-electron chi connectivity index (χ0n) is 18.7. The normalized spacial score (nSPS) is 19.4. The highest BCUT2D eigenvalue weighted by atomic mass is 16.5. The first-order chi connectivity index (χ1) is 14.3. The zero-order valence-corrected chi connectivity index (χ0v) is 18.7. The lowest BCUT2D eigenvalue weighted by Gasteiger charge is -2.29. The van der Waals surface area contributed by atoms with E-state index in [4.69, 9.17) is 4.74 Å². The Bertz CT molecular complexity index is 677. The molecule has 3 rings (SSSR count). The number of ether oxygens (including phenoxy) is 1. The van der Waals surface area contributed by atoms with E-state index in [0.29, 0.717) is 0 Å². The van der Waals surface area contributed by atoms with E-state index in [1.54, 1.807) is 0 Å². The fourth-order valence-corrected chi connectivity index (χ4v) is 4.48. The summed E-state index contributed by atoms with van der Waals surface area (Å²) in [6.45, 7) is 5.49. The Hall–Kier alpha value is -1.60. The topological polar surface area (TPSA) is 9.23 Å². The maximum Gasteiger partial charge on any atom is 0.0825 e. The predicted octanol–water partition coefficient (Wildman–Crippen LogP) is 8.52. The summed E-state index contributed by atoms with van der Waals surface area (Å²) in [5.41, 5.74) is 5.43. The van der Waals surface area contributed by atoms with Gasteiger partial charge in [-0.3, -0.25) is 0 Å². The summed E-state index contributed by atoms with van der Waals surface area (Å²) in [5.74, 6) is 0.774. The maximum atomic E-state index is 6.20. The summed E-state index contributed by atoms with van der Waals surface area (Å²) >= 11 is 0. The zero-order chi connectivity index (χ0) is 20.3. The van der Waals surface area contributed by atoms with E-state index in [0.717, 1.165) is 12.5 Å². The summed E-state index contributed by atoms with van der Waals surface area (Å²) in [5, 5.41) is 0. The molecule has 0 aliphatic carbocycles. The first kappa shape index (κ1) is 22.1. The molecule has 0 N–H and O–H groups in total. The molecule has 2 unspecified atom stereocenters. The van der Waals surface area contributed by atoms with Gasteiger partial charge in [0.1, 0.15) is 0 Å².